The minimum absolute atomic E-state index is 0.0772. The molecule has 4 N–H and O–H groups in total. The molecule has 0 radical (unpaired) electrons. The summed E-state index contributed by atoms with van der Waals surface area (Å²) in [6.45, 7) is 6.84. The van der Waals surface area contributed by atoms with Gasteiger partial charge in [-0.15, -0.1) is 0 Å². The summed E-state index contributed by atoms with van der Waals surface area (Å²) in [5.74, 6) is -1.79. The van der Waals surface area contributed by atoms with Crippen molar-refractivity contribution in [1.29, 1.82) is 0 Å². The third-order valence-corrected chi connectivity index (χ3v) is 3.01. The van der Waals surface area contributed by atoms with Crippen molar-refractivity contribution in [2.45, 2.75) is 39.3 Å². The first-order chi connectivity index (χ1) is 10.5. The van der Waals surface area contributed by atoms with Crippen LogP contribution in [0.5, 0.6) is 0 Å². The van der Waals surface area contributed by atoms with Crippen molar-refractivity contribution in [3.63, 3.8) is 0 Å². The Kier molecular flexibility index (Phi) is 5.98. The van der Waals surface area contributed by atoms with Gasteiger partial charge in [-0.2, -0.15) is 0 Å². The average Bonchev–Trinajstić information content (AvgIpc) is 2.38. The maximum absolute atomic E-state index is 12.1. The van der Waals surface area contributed by atoms with Crippen LogP contribution in [0.3, 0.4) is 0 Å². The van der Waals surface area contributed by atoms with Gasteiger partial charge in [0.15, 0.2) is 0 Å². The minimum atomic E-state index is -1.16. The van der Waals surface area contributed by atoms with Gasteiger partial charge in [-0.3, -0.25) is 9.59 Å². The number of carboxylic acids is 1. The van der Waals surface area contributed by atoms with E-state index in [1.165, 1.54) is 19.1 Å². The first-order valence-corrected chi connectivity index (χ1v) is 7.30. The van der Waals surface area contributed by atoms with Gasteiger partial charge in [0.05, 0.1) is 10.6 Å². The Bertz CT molecular complexity index is 626. The summed E-state index contributed by atoms with van der Waals surface area (Å²) in [6.07, 6.45) is 0. The fourth-order valence-electron chi connectivity index (χ4n) is 1.62. The van der Waals surface area contributed by atoms with Crippen LogP contribution in [0.4, 0.5) is 10.5 Å². The molecule has 1 atom stereocenters. The van der Waals surface area contributed by atoms with Gasteiger partial charge >= 0.3 is 12.0 Å². The molecule has 1 rings (SSSR count). The second kappa shape index (κ2) is 7.32. The number of halogens is 1. The van der Waals surface area contributed by atoms with Gasteiger partial charge in [0, 0.05) is 11.2 Å². The summed E-state index contributed by atoms with van der Waals surface area (Å²) in [5.41, 5.74) is 0.0331. The maximum atomic E-state index is 12.1. The predicted octanol–water partition coefficient (Wildman–Crippen LogP) is 2.46. The molecular formula is C15H20ClN3O4. The Balaban J connectivity index is 2.89. The molecule has 126 valence electrons. The summed E-state index contributed by atoms with van der Waals surface area (Å²) in [5, 5.41) is 16.6. The Morgan fingerprint density at radius 3 is 2.35 bits per heavy atom. The van der Waals surface area contributed by atoms with E-state index in [0.29, 0.717) is 5.69 Å². The number of rotatable bonds is 4. The van der Waals surface area contributed by atoms with Crippen LogP contribution in [0.1, 0.15) is 38.1 Å². The largest absolute Gasteiger partial charge is 0.480 e. The van der Waals surface area contributed by atoms with Gasteiger partial charge in [0.2, 0.25) is 0 Å². The van der Waals surface area contributed by atoms with Gasteiger partial charge in [0.25, 0.3) is 5.91 Å². The molecule has 8 heteroatoms. The van der Waals surface area contributed by atoms with E-state index in [1.54, 1.807) is 6.07 Å². The molecule has 23 heavy (non-hydrogen) atoms. The zero-order chi connectivity index (χ0) is 17.8. The molecule has 1 aromatic carbocycles. The van der Waals surface area contributed by atoms with Gasteiger partial charge in [-0.05, 0) is 45.9 Å². The molecule has 0 aliphatic rings. The molecule has 0 heterocycles. The fourth-order valence-corrected chi connectivity index (χ4v) is 1.82. The van der Waals surface area contributed by atoms with E-state index < -0.39 is 29.5 Å². The number of nitrogens with one attached hydrogen (secondary N) is 3. The molecule has 0 fully saturated rings. The Morgan fingerprint density at radius 1 is 1.22 bits per heavy atom. The number of aliphatic carboxylic acids is 1. The van der Waals surface area contributed by atoms with Crippen molar-refractivity contribution in [1.82, 2.24) is 10.6 Å². The van der Waals surface area contributed by atoms with E-state index in [0.717, 1.165) is 0 Å². The molecule has 0 aromatic heterocycles. The summed E-state index contributed by atoms with van der Waals surface area (Å²) in [4.78, 5) is 34.7. The van der Waals surface area contributed by atoms with Crippen LogP contribution < -0.4 is 16.0 Å². The van der Waals surface area contributed by atoms with Crippen molar-refractivity contribution in [3.8, 4) is 0 Å². The quantitative estimate of drug-likeness (QED) is 0.674. The lowest BCUT2D eigenvalue weighted by atomic mass is 10.1. The Morgan fingerprint density at radius 2 is 1.83 bits per heavy atom. The maximum Gasteiger partial charge on any atom is 0.325 e. The second-order valence-electron chi connectivity index (χ2n) is 6.06. The minimum Gasteiger partial charge on any atom is -0.480 e. The standard InChI is InChI=1S/C15H20ClN3O4/c1-8(13(21)22)17-12(20)10-7-9(5-6-11(10)16)18-14(23)19-15(2,3)4/h5-8H,1-4H3,(H,17,20)(H,21,22)(H2,18,19,23). The molecule has 0 aliphatic heterocycles. The topological polar surface area (TPSA) is 108 Å². The number of carboxylic acid groups (broad SMARTS) is 1. The predicted molar refractivity (Wildman–Crippen MR) is 87.9 cm³/mol. The first kappa shape index (κ1) is 18.8. The lowest BCUT2D eigenvalue weighted by Gasteiger charge is -2.21. The van der Waals surface area contributed by atoms with Crippen LogP contribution in [0, 0.1) is 0 Å². The highest BCUT2D eigenvalue weighted by molar-refractivity contribution is 6.34. The molecular weight excluding hydrogens is 322 g/mol. The van der Waals surface area contributed by atoms with Crippen LogP contribution in [0.2, 0.25) is 5.02 Å². The summed E-state index contributed by atoms with van der Waals surface area (Å²) in [6, 6.07) is 2.90. The molecule has 7 nitrogen and oxygen atoms in total. The lowest BCUT2D eigenvalue weighted by molar-refractivity contribution is -0.138. The number of anilines is 1. The van der Waals surface area contributed by atoms with E-state index in [-0.39, 0.29) is 10.6 Å². The van der Waals surface area contributed by atoms with E-state index in [1.807, 2.05) is 20.8 Å². The van der Waals surface area contributed by atoms with Crippen LogP contribution in [-0.2, 0) is 4.79 Å². The number of urea groups is 1. The Hall–Kier alpha value is -2.28. The van der Waals surface area contributed by atoms with Crippen LogP contribution in [-0.4, -0.2) is 34.6 Å². The highest BCUT2D eigenvalue weighted by atomic mass is 35.5. The van der Waals surface area contributed by atoms with E-state index in [4.69, 9.17) is 16.7 Å². The molecule has 0 saturated carbocycles. The van der Waals surface area contributed by atoms with Crippen molar-refractivity contribution in [2.24, 2.45) is 0 Å². The van der Waals surface area contributed by atoms with Crippen molar-refractivity contribution < 1.29 is 19.5 Å². The smallest absolute Gasteiger partial charge is 0.325 e. The summed E-state index contributed by atoms with van der Waals surface area (Å²) in [7, 11) is 0. The highest BCUT2D eigenvalue weighted by Crippen LogP contribution is 2.21. The monoisotopic (exact) mass is 341 g/mol. The zero-order valence-electron chi connectivity index (χ0n) is 13.4. The van der Waals surface area contributed by atoms with Crippen molar-refractivity contribution in [2.75, 3.05) is 5.32 Å². The third kappa shape index (κ3) is 6.15. The number of hydrogen-bond donors (Lipinski definition) is 4. The molecule has 3 amide bonds. The normalized spacial score (nSPS) is 12.2. The average molecular weight is 342 g/mol. The highest BCUT2D eigenvalue weighted by Gasteiger charge is 2.19. The van der Waals surface area contributed by atoms with Crippen LogP contribution in [0.25, 0.3) is 0 Å². The number of amides is 3. The molecule has 0 spiro atoms. The summed E-state index contributed by atoms with van der Waals surface area (Å²) < 4.78 is 0. The molecule has 0 aliphatic carbocycles. The van der Waals surface area contributed by atoms with Crippen molar-refractivity contribution >= 4 is 35.2 Å². The number of hydrogen-bond acceptors (Lipinski definition) is 3. The van der Waals surface area contributed by atoms with Gasteiger partial charge in [-0.1, -0.05) is 11.6 Å². The van der Waals surface area contributed by atoms with Crippen molar-refractivity contribution in [3.05, 3.63) is 28.8 Å². The molecule has 0 saturated heterocycles. The van der Waals surface area contributed by atoms with E-state index >= 15 is 0 Å². The number of benzene rings is 1. The lowest BCUT2D eigenvalue weighted by Crippen LogP contribution is -2.43. The SMILES string of the molecule is CC(NC(=O)c1cc(NC(=O)NC(C)(C)C)ccc1Cl)C(=O)O. The fraction of sp³-hybridized carbons (Fsp3) is 0.400. The molecule has 0 bridgehead atoms. The first-order valence-electron chi connectivity index (χ1n) is 6.92. The van der Waals surface area contributed by atoms with Crippen LogP contribution >= 0.6 is 11.6 Å². The van der Waals surface area contributed by atoms with Gasteiger partial charge in [0.1, 0.15) is 6.04 Å². The number of carbonyl (C=O) groups is 3. The third-order valence-electron chi connectivity index (χ3n) is 2.68. The summed E-state index contributed by atoms with van der Waals surface area (Å²) >= 11 is 5.96. The van der Waals surface area contributed by atoms with E-state index in [9.17, 15) is 14.4 Å². The second-order valence-corrected chi connectivity index (χ2v) is 6.46. The van der Waals surface area contributed by atoms with Gasteiger partial charge < -0.3 is 21.1 Å². The van der Waals surface area contributed by atoms with E-state index in [2.05, 4.69) is 16.0 Å². The number of carbonyl (C=O) groups excluding carboxylic acids is 2. The molecule has 1 aromatic rings. The Labute approximate surface area is 139 Å². The van der Waals surface area contributed by atoms with Gasteiger partial charge in [-0.25, -0.2) is 4.79 Å². The molecule has 1 unspecified atom stereocenters. The zero-order valence-corrected chi connectivity index (χ0v) is 14.1. The van der Waals surface area contributed by atoms with Crippen LogP contribution in [0.15, 0.2) is 18.2 Å².